The van der Waals surface area contributed by atoms with Gasteiger partial charge in [-0.1, -0.05) is 12.1 Å². The van der Waals surface area contributed by atoms with Crippen LogP contribution in [0.4, 0.5) is 0 Å². The fourth-order valence-electron chi connectivity index (χ4n) is 3.92. The lowest BCUT2D eigenvalue weighted by molar-refractivity contribution is 0.0136. The predicted molar refractivity (Wildman–Crippen MR) is 98.3 cm³/mol. The molecule has 1 unspecified atom stereocenters. The van der Waals surface area contributed by atoms with E-state index in [0.717, 1.165) is 56.3 Å². The molecule has 2 aromatic rings. The van der Waals surface area contributed by atoms with Gasteiger partial charge in [0.05, 0.1) is 24.6 Å². The number of ether oxygens (including phenoxy) is 1. The summed E-state index contributed by atoms with van der Waals surface area (Å²) >= 11 is 0. The number of hydrogen-bond acceptors (Lipinski definition) is 5. The smallest absolute Gasteiger partial charge is 0.0929 e. The Morgan fingerprint density at radius 2 is 1.88 bits per heavy atom. The highest BCUT2D eigenvalue weighted by Gasteiger charge is 2.27. The molecule has 0 spiro atoms. The van der Waals surface area contributed by atoms with Crippen molar-refractivity contribution in [3.63, 3.8) is 0 Å². The van der Waals surface area contributed by atoms with E-state index in [1.54, 1.807) is 0 Å². The summed E-state index contributed by atoms with van der Waals surface area (Å²) in [4.78, 5) is 5.01. The van der Waals surface area contributed by atoms with Crippen LogP contribution in [0.5, 0.6) is 0 Å². The van der Waals surface area contributed by atoms with Crippen molar-refractivity contribution >= 4 is 0 Å². The quantitative estimate of drug-likeness (QED) is 0.842. The van der Waals surface area contributed by atoms with E-state index in [1.807, 2.05) is 13.0 Å². The van der Waals surface area contributed by atoms with Gasteiger partial charge in [0, 0.05) is 31.2 Å². The number of benzene rings is 1. The maximum atomic E-state index is 5.55. The Bertz CT molecular complexity index is 725. The Morgan fingerprint density at radius 3 is 2.64 bits per heavy atom. The highest BCUT2D eigenvalue weighted by atomic mass is 16.5. The molecule has 0 radical (unpaired) electrons. The van der Waals surface area contributed by atoms with Crippen LogP contribution < -0.4 is 0 Å². The van der Waals surface area contributed by atoms with Gasteiger partial charge in [-0.25, -0.2) is 0 Å². The number of rotatable bonds is 2. The van der Waals surface area contributed by atoms with E-state index in [1.165, 1.54) is 17.5 Å². The zero-order valence-electron chi connectivity index (χ0n) is 15.1. The van der Waals surface area contributed by atoms with Crippen molar-refractivity contribution in [3.8, 4) is 11.3 Å². The number of morpholine rings is 1. The third-order valence-corrected chi connectivity index (χ3v) is 5.31. The molecule has 0 saturated carbocycles. The molecule has 25 heavy (non-hydrogen) atoms. The largest absolute Gasteiger partial charge is 0.379 e. The first kappa shape index (κ1) is 16.6. The molecule has 1 aromatic carbocycles. The molecule has 5 heteroatoms. The molecule has 0 amide bonds. The number of fused-ring (bicyclic) bond motifs is 1. The fraction of sp³-hybridized carbons (Fsp3) is 0.500. The van der Waals surface area contributed by atoms with Crippen LogP contribution in [-0.4, -0.2) is 59.9 Å². The van der Waals surface area contributed by atoms with E-state index in [4.69, 9.17) is 4.74 Å². The third kappa shape index (κ3) is 3.59. The van der Waals surface area contributed by atoms with Crippen molar-refractivity contribution in [1.29, 1.82) is 0 Å². The maximum Gasteiger partial charge on any atom is 0.0929 e. The average Bonchev–Trinajstić information content (AvgIpc) is 2.80. The molecule has 132 valence electrons. The number of aryl methyl sites for hydroxylation is 1. The van der Waals surface area contributed by atoms with Crippen LogP contribution in [-0.2, 0) is 11.3 Å². The highest BCUT2D eigenvalue weighted by Crippen LogP contribution is 2.33. The van der Waals surface area contributed by atoms with Crippen LogP contribution >= 0.6 is 0 Å². The van der Waals surface area contributed by atoms with E-state index in [-0.39, 0.29) is 0 Å². The van der Waals surface area contributed by atoms with Gasteiger partial charge in [-0.05, 0) is 56.3 Å². The van der Waals surface area contributed by atoms with Crippen molar-refractivity contribution in [2.45, 2.75) is 25.9 Å². The molecule has 1 fully saturated rings. The van der Waals surface area contributed by atoms with E-state index >= 15 is 0 Å². The van der Waals surface area contributed by atoms with E-state index in [9.17, 15) is 0 Å². The van der Waals surface area contributed by atoms with Gasteiger partial charge in [0.15, 0.2) is 0 Å². The molecular weight excluding hydrogens is 312 g/mol. The van der Waals surface area contributed by atoms with Crippen molar-refractivity contribution in [3.05, 3.63) is 47.2 Å². The second-order valence-electron chi connectivity index (χ2n) is 7.16. The first-order valence-electron chi connectivity index (χ1n) is 9.14. The SMILES string of the molecule is Cc1ccc(-c2ccc3c(c2)CN(C)CCC3N2CCOCC2)nn1. The van der Waals surface area contributed by atoms with Crippen LogP contribution in [0.3, 0.4) is 0 Å². The molecular formula is C20H26N4O. The van der Waals surface area contributed by atoms with Crippen molar-refractivity contribution in [1.82, 2.24) is 20.0 Å². The van der Waals surface area contributed by atoms with Crippen molar-refractivity contribution in [2.75, 3.05) is 39.9 Å². The molecule has 2 aliphatic rings. The Hall–Kier alpha value is -1.82. The summed E-state index contributed by atoms with van der Waals surface area (Å²) in [5.41, 5.74) is 5.93. The van der Waals surface area contributed by atoms with Crippen LogP contribution in [0.2, 0.25) is 0 Å². The Balaban J connectivity index is 1.69. The average molecular weight is 338 g/mol. The summed E-state index contributed by atoms with van der Waals surface area (Å²) in [6.45, 7) is 7.82. The molecule has 0 bridgehead atoms. The minimum Gasteiger partial charge on any atom is -0.379 e. The van der Waals surface area contributed by atoms with E-state index < -0.39 is 0 Å². The van der Waals surface area contributed by atoms with Crippen LogP contribution in [0.1, 0.15) is 29.3 Å². The standard InChI is InChI=1S/C20H26N4O/c1-15-3-6-19(22-21-15)16-4-5-18-17(13-16)14-23(2)8-7-20(18)24-9-11-25-12-10-24/h3-6,13,20H,7-12,14H2,1-2H3. The summed E-state index contributed by atoms with van der Waals surface area (Å²) in [5, 5.41) is 8.57. The van der Waals surface area contributed by atoms with Gasteiger partial charge < -0.3 is 9.64 Å². The van der Waals surface area contributed by atoms with Crippen LogP contribution in [0.25, 0.3) is 11.3 Å². The Morgan fingerprint density at radius 1 is 1.04 bits per heavy atom. The predicted octanol–water partition coefficient (Wildman–Crippen LogP) is 2.66. The van der Waals surface area contributed by atoms with Crippen LogP contribution in [0, 0.1) is 6.92 Å². The van der Waals surface area contributed by atoms with Crippen LogP contribution in [0.15, 0.2) is 30.3 Å². The lowest BCUT2D eigenvalue weighted by Gasteiger charge is -2.35. The summed E-state index contributed by atoms with van der Waals surface area (Å²) in [5.74, 6) is 0. The van der Waals surface area contributed by atoms with Gasteiger partial charge in [0.25, 0.3) is 0 Å². The first-order valence-corrected chi connectivity index (χ1v) is 9.14. The summed E-state index contributed by atoms with van der Waals surface area (Å²) < 4.78 is 5.55. The fourth-order valence-corrected chi connectivity index (χ4v) is 3.92. The minimum absolute atomic E-state index is 0.488. The lowest BCUT2D eigenvalue weighted by Crippen LogP contribution is -2.39. The molecule has 1 saturated heterocycles. The number of nitrogens with zero attached hydrogens (tertiary/aromatic N) is 4. The number of aromatic nitrogens is 2. The molecule has 4 rings (SSSR count). The zero-order valence-corrected chi connectivity index (χ0v) is 15.1. The molecule has 3 heterocycles. The van der Waals surface area contributed by atoms with E-state index in [0.29, 0.717) is 6.04 Å². The molecule has 0 N–H and O–H groups in total. The third-order valence-electron chi connectivity index (χ3n) is 5.31. The second-order valence-corrected chi connectivity index (χ2v) is 7.16. The minimum atomic E-state index is 0.488. The zero-order chi connectivity index (χ0) is 17.2. The molecule has 1 aromatic heterocycles. The summed E-state index contributed by atoms with van der Waals surface area (Å²) in [7, 11) is 2.21. The number of hydrogen-bond donors (Lipinski definition) is 0. The van der Waals surface area contributed by atoms with E-state index in [2.05, 4.69) is 51.3 Å². The monoisotopic (exact) mass is 338 g/mol. The van der Waals surface area contributed by atoms with Gasteiger partial charge in [0.2, 0.25) is 0 Å². The second kappa shape index (κ2) is 7.20. The molecule has 2 aliphatic heterocycles. The normalized spacial score (nSPS) is 22.4. The maximum absolute atomic E-state index is 5.55. The van der Waals surface area contributed by atoms with Gasteiger partial charge in [0.1, 0.15) is 0 Å². The summed E-state index contributed by atoms with van der Waals surface area (Å²) in [6.07, 6.45) is 1.17. The van der Waals surface area contributed by atoms with Gasteiger partial charge >= 0.3 is 0 Å². The summed E-state index contributed by atoms with van der Waals surface area (Å²) in [6, 6.07) is 11.4. The van der Waals surface area contributed by atoms with Crippen molar-refractivity contribution in [2.24, 2.45) is 0 Å². The van der Waals surface area contributed by atoms with Gasteiger partial charge in [-0.15, -0.1) is 0 Å². The van der Waals surface area contributed by atoms with Crippen molar-refractivity contribution < 1.29 is 4.74 Å². The topological polar surface area (TPSA) is 41.5 Å². The molecule has 0 aliphatic carbocycles. The first-order chi connectivity index (χ1) is 12.2. The Labute approximate surface area is 149 Å². The Kier molecular flexibility index (Phi) is 4.79. The van der Waals surface area contributed by atoms with Gasteiger partial charge in [-0.3, -0.25) is 4.90 Å². The molecule has 1 atom stereocenters. The highest BCUT2D eigenvalue weighted by molar-refractivity contribution is 5.61. The molecule has 5 nitrogen and oxygen atoms in total. The lowest BCUT2D eigenvalue weighted by atomic mass is 9.95. The van der Waals surface area contributed by atoms with Gasteiger partial charge in [-0.2, -0.15) is 10.2 Å².